The third kappa shape index (κ3) is 4.57. The molecular weight excluding hydrogens is 475 g/mol. The van der Waals surface area contributed by atoms with E-state index in [0.717, 1.165) is 5.56 Å². The zero-order chi connectivity index (χ0) is 23.7. The Morgan fingerprint density at radius 2 is 2.06 bits per heavy atom. The van der Waals surface area contributed by atoms with Crippen LogP contribution in [0.15, 0.2) is 63.7 Å². The number of hydrogen-bond acceptors (Lipinski definition) is 8. The molecule has 0 bridgehead atoms. The Bertz CT molecular complexity index is 1440. The number of carbonyl (C=O) groups excluding carboxylic acids is 1. The highest BCUT2D eigenvalue weighted by molar-refractivity contribution is 8.00. The summed E-state index contributed by atoms with van der Waals surface area (Å²) in [6.45, 7) is 4.00. The van der Waals surface area contributed by atoms with Crippen LogP contribution in [0, 0.1) is 5.82 Å². The van der Waals surface area contributed by atoms with Gasteiger partial charge in [0.15, 0.2) is 15.7 Å². The number of carbonyl (C=O) groups is 1. The first kappa shape index (κ1) is 22.2. The minimum atomic E-state index is -0.338. The monoisotopic (exact) mass is 494 g/mol. The van der Waals surface area contributed by atoms with Crippen LogP contribution in [0.5, 0.6) is 0 Å². The molecule has 0 radical (unpaired) electrons. The van der Waals surface area contributed by atoms with E-state index in [1.165, 1.54) is 35.2 Å². The van der Waals surface area contributed by atoms with Crippen LogP contribution in [0.2, 0.25) is 0 Å². The summed E-state index contributed by atoms with van der Waals surface area (Å²) in [7, 11) is 0. The summed E-state index contributed by atoms with van der Waals surface area (Å²) in [4.78, 5) is 17.9. The average molecular weight is 495 g/mol. The van der Waals surface area contributed by atoms with E-state index < -0.39 is 0 Å². The van der Waals surface area contributed by atoms with Crippen molar-refractivity contribution in [3.05, 3.63) is 71.9 Å². The van der Waals surface area contributed by atoms with Gasteiger partial charge in [-0.15, -0.1) is 10.2 Å². The molecule has 0 aliphatic carbocycles. The number of aromatic nitrogens is 5. The van der Waals surface area contributed by atoms with Crippen molar-refractivity contribution in [1.29, 1.82) is 0 Å². The molecule has 0 unspecified atom stereocenters. The Kier molecular flexibility index (Phi) is 6.12. The summed E-state index contributed by atoms with van der Waals surface area (Å²) >= 11 is 2.74. The molecule has 34 heavy (non-hydrogen) atoms. The number of amides is 1. The highest BCUT2D eigenvalue weighted by atomic mass is 32.2. The first-order valence-corrected chi connectivity index (χ1v) is 12.2. The van der Waals surface area contributed by atoms with Gasteiger partial charge in [0, 0.05) is 11.8 Å². The average Bonchev–Trinajstić information content (AvgIpc) is 3.58. The molecular formula is C23H19FN6O2S2. The van der Waals surface area contributed by atoms with Gasteiger partial charge in [0.2, 0.25) is 5.13 Å². The molecule has 1 N–H and O–H groups in total. The molecule has 11 heteroatoms. The number of nitrogens with zero attached hydrogens (tertiary/aromatic N) is 5. The minimum absolute atomic E-state index is 0.0663. The number of furan rings is 1. The van der Waals surface area contributed by atoms with Gasteiger partial charge in [0.05, 0.1) is 23.4 Å². The van der Waals surface area contributed by atoms with Crippen LogP contribution in [0.4, 0.5) is 9.52 Å². The molecule has 4 aromatic heterocycles. The number of pyridine rings is 1. The zero-order valence-electron chi connectivity index (χ0n) is 18.2. The highest BCUT2D eigenvalue weighted by Crippen LogP contribution is 2.30. The van der Waals surface area contributed by atoms with Crippen LogP contribution in [0.3, 0.4) is 0 Å². The van der Waals surface area contributed by atoms with E-state index in [4.69, 9.17) is 4.42 Å². The van der Waals surface area contributed by atoms with E-state index in [1.54, 1.807) is 47.5 Å². The summed E-state index contributed by atoms with van der Waals surface area (Å²) in [5, 5.41) is 16.5. The smallest absolute Gasteiger partial charge is 0.258 e. The van der Waals surface area contributed by atoms with Crippen molar-refractivity contribution in [3.8, 4) is 11.5 Å². The topological polar surface area (TPSA) is 98.7 Å². The first-order chi connectivity index (χ1) is 16.5. The molecule has 0 saturated heterocycles. The van der Waals surface area contributed by atoms with Crippen LogP contribution in [0.1, 0.15) is 35.8 Å². The third-order valence-corrected chi connectivity index (χ3v) is 7.02. The second-order valence-corrected chi connectivity index (χ2v) is 9.89. The van der Waals surface area contributed by atoms with E-state index in [2.05, 4.69) is 25.6 Å². The summed E-state index contributed by atoms with van der Waals surface area (Å²) in [5.41, 5.74) is 2.53. The van der Waals surface area contributed by atoms with Crippen LogP contribution >= 0.6 is 23.1 Å². The standard InChI is InChI=1S/C23H19FN6O2S2/c1-13(2)30-20-17(11-25-30)16(10-18(26-20)19-4-3-9-32-19)21(31)27-22-28-29-23(34-22)33-12-14-5-7-15(24)8-6-14/h3-11,13H,12H2,1-2H3,(H,27,28,31). The Morgan fingerprint density at radius 1 is 1.24 bits per heavy atom. The lowest BCUT2D eigenvalue weighted by atomic mass is 10.1. The number of anilines is 1. The Labute approximate surface area is 202 Å². The summed E-state index contributed by atoms with van der Waals surface area (Å²) < 4.78 is 21.0. The molecule has 5 aromatic rings. The van der Waals surface area contributed by atoms with Crippen molar-refractivity contribution in [2.24, 2.45) is 0 Å². The van der Waals surface area contributed by atoms with E-state index in [0.29, 0.717) is 43.3 Å². The Hall–Kier alpha value is -3.57. The molecule has 172 valence electrons. The number of nitrogens with one attached hydrogen (secondary N) is 1. The lowest BCUT2D eigenvalue weighted by Crippen LogP contribution is -2.13. The first-order valence-electron chi connectivity index (χ1n) is 10.4. The van der Waals surface area contributed by atoms with Gasteiger partial charge in [-0.2, -0.15) is 5.10 Å². The van der Waals surface area contributed by atoms with Gasteiger partial charge in [-0.25, -0.2) is 14.1 Å². The van der Waals surface area contributed by atoms with E-state index in [1.807, 2.05) is 13.8 Å². The van der Waals surface area contributed by atoms with Gasteiger partial charge < -0.3 is 4.42 Å². The second-order valence-electron chi connectivity index (χ2n) is 7.69. The molecule has 0 aliphatic rings. The number of thioether (sulfide) groups is 1. The molecule has 5 rings (SSSR count). The maximum absolute atomic E-state index is 13.2. The Morgan fingerprint density at radius 3 is 2.79 bits per heavy atom. The molecule has 0 fully saturated rings. The van der Waals surface area contributed by atoms with Crippen molar-refractivity contribution in [2.45, 2.75) is 30.0 Å². The van der Waals surface area contributed by atoms with Gasteiger partial charge >= 0.3 is 0 Å². The van der Waals surface area contributed by atoms with Crippen LogP contribution < -0.4 is 5.32 Å². The van der Waals surface area contributed by atoms with E-state index in [9.17, 15) is 9.18 Å². The van der Waals surface area contributed by atoms with E-state index in [-0.39, 0.29) is 17.8 Å². The van der Waals surface area contributed by atoms with Gasteiger partial charge in [-0.1, -0.05) is 35.2 Å². The number of halogens is 1. The number of hydrogen-bond donors (Lipinski definition) is 1. The van der Waals surface area contributed by atoms with Crippen LogP contribution in [-0.2, 0) is 5.75 Å². The molecule has 1 amide bonds. The maximum atomic E-state index is 13.2. The minimum Gasteiger partial charge on any atom is -0.463 e. The van der Waals surface area contributed by atoms with Gasteiger partial charge in [0.1, 0.15) is 11.5 Å². The van der Waals surface area contributed by atoms with Crippen LogP contribution in [0.25, 0.3) is 22.5 Å². The normalized spacial score (nSPS) is 11.4. The van der Waals surface area contributed by atoms with Crippen molar-refractivity contribution in [3.63, 3.8) is 0 Å². The molecule has 8 nitrogen and oxygen atoms in total. The quantitative estimate of drug-likeness (QED) is 0.225. The molecule has 0 spiro atoms. The van der Waals surface area contributed by atoms with Crippen LogP contribution in [-0.4, -0.2) is 30.9 Å². The molecule has 4 heterocycles. The largest absolute Gasteiger partial charge is 0.463 e. The fourth-order valence-electron chi connectivity index (χ4n) is 3.34. The van der Waals surface area contributed by atoms with Crippen molar-refractivity contribution in [2.75, 3.05) is 5.32 Å². The SMILES string of the molecule is CC(C)n1ncc2c(C(=O)Nc3nnc(SCc4ccc(F)cc4)s3)cc(-c3ccco3)nc21. The van der Waals surface area contributed by atoms with Crippen molar-refractivity contribution < 1.29 is 13.6 Å². The highest BCUT2D eigenvalue weighted by Gasteiger charge is 2.20. The lowest BCUT2D eigenvalue weighted by molar-refractivity contribution is 0.102. The van der Waals surface area contributed by atoms with Gasteiger partial charge in [-0.3, -0.25) is 10.1 Å². The molecule has 0 aliphatic heterocycles. The summed E-state index contributed by atoms with van der Waals surface area (Å²) in [5.74, 6) is 0.570. The molecule has 1 aromatic carbocycles. The molecule has 0 atom stereocenters. The predicted octanol–water partition coefficient (Wildman–Crippen LogP) is 5.81. The van der Waals surface area contributed by atoms with Crippen molar-refractivity contribution in [1.82, 2.24) is 25.0 Å². The number of fused-ring (bicyclic) bond motifs is 1. The number of rotatable bonds is 7. The fraction of sp³-hybridized carbons (Fsp3) is 0.174. The maximum Gasteiger partial charge on any atom is 0.258 e. The third-order valence-electron chi connectivity index (χ3n) is 4.98. The van der Waals surface area contributed by atoms with Gasteiger partial charge in [0.25, 0.3) is 5.91 Å². The van der Waals surface area contributed by atoms with E-state index >= 15 is 0 Å². The molecule has 0 saturated carbocycles. The fourth-order valence-corrected chi connectivity index (χ4v) is 5.05. The Balaban J connectivity index is 1.39. The van der Waals surface area contributed by atoms with Crippen molar-refractivity contribution >= 4 is 45.2 Å². The predicted molar refractivity (Wildman–Crippen MR) is 129 cm³/mol. The second kappa shape index (κ2) is 9.35. The summed E-state index contributed by atoms with van der Waals surface area (Å²) in [6, 6.07) is 11.6. The lowest BCUT2D eigenvalue weighted by Gasteiger charge is -2.09. The van der Waals surface area contributed by atoms with Gasteiger partial charge in [-0.05, 0) is 49.7 Å². The zero-order valence-corrected chi connectivity index (χ0v) is 19.9. The number of benzene rings is 1. The summed E-state index contributed by atoms with van der Waals surface area (Å²) in [6.07, 6.45) is 3.21.